The number of nitrogens with one attached hydrogen (secondary N) is 2. The molecule has 1 aromatic rings. The molecule has 2 heterocycles. The van der Waals surface area contributed by atoms with E-state index in [2.05, 4.69) is 5.32 Å². The van der Waals surface area contributed by atoms with Gasteiger partial charge in [-0.2, -0.15) is 13.2 Å². The fraction of sp³-hybridized carbons (Fsp3) is 0.593. The second-order valence-electron chi connectivity index (χ2n) is 11.5. The molecule has 10 nitrogen and oxygen atoms in total. The van der Waals surface area contributed by atoms with Crippen LogP contribution in [0.15, 0.2) is 29.2 Å². The van der Waals surface area contributed by atoms with Crippen LogP contribution in [0, 0.1) is 11.8 Å². The number of hydrogen-bond acceptors (Lipinski definition) is 6. The van der Waals surface area contributed by atoms with E-state index in [4.69, 9.17) is 5.73 Å². The summed E-state index contributed by atoms with van der Waals surface area (Å²) in [7, 11) is 1.33. The summed E-state index contributed by atoms with van der Waals surface area (Å²) in [6.45, 7) is -0.135. The molecule has 4 N–H and O–H groups in total. The lowest BCUT2D eigenvalue weighted by atomic mass is 10.0. The predicted octanol–water partition coefficient (Wildman–Crippen LogP) is 2.03. The first kappa shape index (κ1) is 29.2. The van der Waals surface area contributed by atoms with E-state index in [0.717, 1.165) is 35.5 Å². The van der Waals surface area contributed by atoms with Crippen molar-refractivity contribution < 1.29 is 37.1 Å². The van der Waals surface area contributed by atoms with E-state index in [9.17, 15) is 37.1 Å². The molecule has 0 radical (unpaired) electrons. The van der Waals surface area contributed by atoms with Crippen LogP contribution in [-0.4, -0.2) is 82.0 Å². The van der Waals surface area contributed by atoms with E-state index in [1.54, 1.807) is 12.1 Å². The number of alkyl halides is 3. The summed E-state index contributed by atoms with van der Waals surface area (Å²) in [5.41, 5.74) is 6.32. The number of hydrogen-bond donors (Lipinski definition) is 3. The highest BCUT2D eigenvalue weighted by Gasteiger charge is 2.56. The molecule has 1 spiro atoms. The maximum atomic E-state index is 14.1. The van der Waals surface area contributed by atoms with Gasteiger partial charge >= 0.3 is 12.1 Å². The highest BCUT2D eigenvalue weighted by Crippen LogP contribution is 2.49. The van der Waals surface area contributed by atoms with Crippen LogP contribution in [0.1, 0.15) is 44.9 Å². The Morgan fingerprint density at radius 1 is 1.15 bits per heavy atom. The van der Waals surface area contributed by atoms with Crippen molar-refractivity contribution >= 4 is 47.0 Å². The number of fused-ring (bicyclic) bond motifs is 1. The number of carbonyl (C=O) groups is 5. The fourth-order valence-electron chi connectivity index (χ4n) is 5.58. The molecule has 4 aliphatic rings. The molecule has 5 rings (SSSR count). The van der Waals surface area contributed by atoms with E-state index in [-0.39, 0.29) is 43.6 Å². The monoisotopic (exact) mass is 595 g/mol. The SMILES string of the molecule is CN(C(=O)C(CC1CC1)NC(=O)C(F)(F)F)C(CC1CC1)C(=O)N1C[C@@]2(C[C@H]1C(N)=O)Sc1ccccc1NC2=O. The van der Waals surface area contributed by atoms with Crippen molar-refractivity contribution in [3.63, 3.8) is 0 Å². The zero-order valence-electron chi connectivity index (χ0n) is 22.4. The molecule has 0 aromatic heterocycles. The van der Waals surface area contributed by atoms with Crippen LogP contribution >= 0.6 is 11.8 Å². The number of carbonyl (C=O) groups excluding carboxylic acids is 5. The topological polar surface area (TPSA) is 142 Å². The van der Waals surface area contributed by atoms with Crippen LogP contribution in [-0.2, 0) is 24.0 Å². The van der Waals surface area contributed by atoms with Crippen molar-refractivity contribution in [2.45, 2.75) is 78.9 Å². The summed E-state index contributed by atoms with van der Waals surface area (Å²) in [4.78, 5) is 68.3. The van der Waals surface area contributed by atoms with Gasteiger partial charge in [-0.25, -0.2) is 0 Å². The number of benzene rings is 1. The second-order valence-corrected chi connectivity index (χ2v) is 12.9. The number of nitrogens with zero attached hydrogens (tertiary/aromatic N) is 2. The van der Waals surface area contributed by atoms with Gasteiger partial charge < -0.3 is 26.2 Å². The average molecular weight is 596 g/mol. The Morgan fingerprint density at radius 3 is 2.39 bits per heavy atom. The van der Waals surface area contributed by atoms with E-state index in [1.807, 2.05) is 17.4 Å². The number of anilines is 1. The zero-order valence-corrected chi connectivity index (χ0v) is 23.2. The predicted molar refractivity (Wildman–Crippen MR) is 142 cm³/mol. The molecule has 2 unspecified atom stereocenters. The molecule has 0 bridgehead atoms. The standard InChI is InChI=1S/C27H32F3N5O5S/c1-34(22(37)17(10-14-6-7-14)33-25(40)27(28,29)30)18(11-15-8-9-15)23(38)35-13-26(12-19(35)21(31)36)24(39)32-16-4-2-3-5-20(16)41-26/h2-5,14-15,17-19H,6-13H2,1H3,(H2,31,36)(H,32,39)(H,33,40)/t17?,18?,19-,26+/m0/s1. The molecule has 41 heavy (non-hydrogen) atoms. The number of amides is 5. The molecule has 2 aliphatic carbocycles. The van der Waals surface area contributed by atoms with Crippen molar-refractivity contribution in [3.05, 3.63) is 24.3 Å². The number of primary amides is 1. The molecule has 222 valence electrons. The number of likely N-dealkylation sites (N-methyl/N-ethyl adjacent to an activating group) is 1. The molecule has 2 saturated carbocycles. The largest absolute Gasteiger partial charge is 0.471 e. The van der Waals surface area contributed by atoms with Gasteiger partial charge in [0.25, 0.3) is 0 Å². The van der Waals surface area contributed by atoms with E-state index in [1.165, 1.54) is 23.7 Å². The summed E-state index contributed by atoms with van der Waals surface area (Å²) >= 11 is 1.25. The third-order valence-electron chi connectivity index (χ3n) is 8.27. The third kappa shape index (κ3) is 6.16. The fourth-order valence-corrected chi connectivity index (χ4v) is 6.97. The second kappa shape index (κ2) is 10.8. The van der Waals surface area contributed by atoms with Crippen LogP contribution in [0.4, 0.5) is 18.9 Å². The quantitative estimate of drug-likeness (QED) is 0.399. The summed E-state index contributed by atoms with van der Waals surface area (Å²) in [6.07, 6.45) is -1.82. The molecule has 1 aromatic carbocycles. The summed E-state index contributed by atoms with van der Waals surface area (Å²) in [5.74, 6) is -4.67. The van der Waals surface area contributed by atoms with Gasteiger partial charge in [-0.1, -0.05) is 37.8 Å². The van der Waals surface area contributed by atoms with Gasteiger partial charge in [0.15, 0.2) is 0 Å². The highest BCUT2D eigenvalue weighted by atomic mass is 32.2. The molecular formula is C27H32F3N5O5S. The molecule has 2 aliphatic heterocycles. The molecule has 1 saturated heterocycles. The van der Waals surface area contributed by atoms with Gasteiger partial charge in [0.05, 0.1) is 5.69 Å². The number of para-hydroxylation sites is 1. The van der Waals surface area contributed by atoms with E-state index in [0.29, 0.717) is 5.69 Å². The summed E-state index contributed by atoms with van der Waals surface area (Å²) < 4.78 is 37.9. The van der Waals surface area contributed by atoms with Gasteiger partial charge in [0.2, 0.25) is 23.6 Å². The molecular weight excluding hydrogens is 563 g/mol. The van der Waals surface area contributed by atoms with Crippen LogP contribution in [0.3, 0.4) is 0 Å². The smallest absolute Gasteiger partial charge is 0.368 e. The van der Waals surface area contributed by atoms with Crippen molar-refractivity contribution in [1.29, 1.82) is 0 Å². The lowest BCUT2D eigenvalue weighted by Gasteiger charge is -2.36. The molecule has 3 fully saturated rings. The maximum absolute atomic E-state index is 14.1. The number of likely N-dealkylation sites (tertiary alicyclic amines) is 1. The Hall–Kier alpha value is -3.29. The van der Waals surface area contributed by atoms with Crippen LogP contribution in [0.5, 0.6) is 0 Å². The van der Waals surface area contributed by atoms with Gasteiger partial charge in [0.1, 0.15) is 22.9 Å². The first-order chi connectivity index (χ1) is 19.3. The lowest BCUT2D eigenvalue weighted by molar-refractivity contribution is -0.175. The maximum Gasteiger partial charge on any atom is 0.471 e. The Morgan fingerprint density at radius 2 is 1.78 bits per heavy atom. The Bertz CT molecular complexity index is 1270. The van der Waals surface area contributed by atoms with Gasteiger partial charge in [-0.05, 0) is 36.8 Å². The van der Waals surface area contributed by atoms with Crippen LogP contribution in [0.25, 0.3) is 0 Å². The first-order valence-corrected chi connectivity index (χ1v) is 14.4. The van der Waals surface area contributed by atoms with E-state index >= 15 is 0 Å². The highest BCUT2D eigenvalue weighted by molar-refractivity contribution is 8.01. The first-order valence-electron chi connectivity index (χ1n) is 13.6. The average Bonchev–Trinajstić information content (AvgIpc) is 3.85. The Kier molecular flexibility index (Phi) is 7.72. The van der Waals surface area contributed by atoms with Crippen LogP contribution < -0.4 is 16.4 Å². The van der Waals surface area contributed by atoms with Gasteiger partial charge in [-0.15, -0.1) is 11.8 Å². The minimum Gasteiger partial charge on any atom is -0.368 e. The number of thioether (sulfide) groups is 1. The van der Waals surface area contributed by atoms with Crippen molar-refractivity contribution in [2.75, 3.05) is 18.9 Å². The molecule has 5 amide bonds. The summed E-state index contributed by atoms with van der Waals surface area (Å²) in [5, 5.41) is 4.67. The molecule has 4 atom stereocenters. The third-order valence-corrected chi connectivity index (χ3v) is 9.72. The van der Waals surface area contributed by atoms with Crippen molar-refractivity contribution in [2.24, 2.45) is 17.6 Å². The zero-order chi connectivity index (χ0) is 29.7. The summed E-state index contributed by atoms with van der Waals surface area (Å²) in [6, 6.07) is 3.47. The Balaban J connectivity index is 1.40. The minimum atomic E-state index is -5.17. The minimum absolute atomic E-state index is 0.00543. The van der Waals surface area contributed by atoms with Crippen molar-refractivity contribution in [1.82, 2.24) is 15.1 Å². The van der Waals surface area contributed by atoms with Crippen LogP contribution in [0.2, 0.25) is 0 Å². The van der Waals surface area contributed by atoms with Gasteiger partial charge in [-0.3, -0.25) is 24.0 Å². The lowest BCUT2D eigenvalue weighted by Crippen LogP contribution is -2.58. The van der Waals surface area contributed by atoms with E-state index < -0.39 is 52.7 Å². The molecule has 14 heteroatoms. The van der Waals surface area contributed by atoms with Crippen molar-refractivity contribution in [3.8, 4) is 0 Å². The number of nitrogens with two attached hydrogens (primary N) is 1. The Labute approximate surface area is 238 Å². The normalized spacial score (nSPS) is 25.2. The number of rotatable bonds is 9. The number of halogens is 3. The van der Waals surface area contributed by atoms with Gasteiger partial charge in [0, 0.05) is 24.9 Å².